The molecular weight excluding hydrogens is 541 g/mol. The first-order chi connectivity index (χ1) is 18.4. The van der Waals surface area contributed by atoms with Crippen LogP contribution in [0.3, 0.4) is 0 Å². The Morgan fingerprint density at radius 1 is 1.00 bits per heavy atom. The van der Waals surface area contributed by atoms with Gasteiger partial charge in [-0.1, -0.05) is 54.9 Å². The first-order valence-corrected chi connectivity index (χ1v) is 14.4. The van der Waals surface area contributed by atoms with Gasteiger partial charge in [0, 0.05) is 23.2 Å². The molecule has 0 saturated carbocycles. The molecule has 1 N–H and O–H groups in total. The molecule has 2 amide bonds. The van der Waals surface area contributed by atoms with Gasteiger partial charge in [-0.25, -0.2) is 12.8 Å². The summed E-state index contributed by atoms with van der Waals surface area (Å²) in [6.45, 7) is 6.15. The van der Waals surface area contributed by atoms with Crippen LogP contribution in [0.2, 0.25) is 5.02 Å². The summed E-state index contributed by atoms with van der Waals surface area (Å²) in [7, 11) is -4.20. The summed E-state index contributed by atoms with van der Waals surface area (Å²) < 4.78 is 43.2. The van der Waals surface area contributed by atoms with Crippen LogP contribution in [-0.4, -0.2) is 43.8 Å². The third kappa shape index (κ3) is 7.36. The zero-order valence-corrected chi connectivity index (χ0v) is 24.0. The van der Waals surface area contributed by atoms with Crippen molar-refractivity contribution in [3.8, 4) is 0 Å². The van der Waals surface area contributed by atoms with E-state index in [0.29, 0.717) is 17.0 Å². The number of carbonyl (C=O) groups excluding carboxylic acids is 2. The van der Waals surface area contributed by atoms with Crippen molar-refractivity contribution in [3.05, 3.63) is 94.8 Å². The number of anilines is 1. The minimum atomic E-state index is -4.20. The van der Waals surface area contributed by atoms with E-state index >= 15 is 0 Å². The lowest BCUT2D eigenvalue weighted by molar-refractivity contribution is -0.139. The second-order valence-corrected chi connectivity index (χ2v) is 11.7. The number of nitrogens with one attached hydrogen (secondary N) is 1. The Morgan fingerprint density at radius 2 is 1.64 bits per heavy atom. The van der Waals surface area contributed by atoms with Gasteiger partial charge in [0.15, 0.2) is 0 Å². The topological polar surface area (TPSA) is 86.8 Å². The number of rotatable bonds is 11. The molecule has 3 aromatic carbocycles. The molecule has 0 radical (unpaired) electrons. The highest BCUT2D eigenvalue weighted by molar-refractivity contribution is 7.92. The molecule has 3 aromatic rings. The Kier molecular flexibility index (Phi) is 10.1. The monoisotopic (exact) mass is 573 g/mol. The second-order valence-electron chi connectivity index (χ2n) is 9.36. The number of carbonyl (C=O) groups is 2. The van der Waals surface area contributed by atoms with Gasteiger partial charge in [-0.15, -0.1) is 0 Å². The van der Waals surface area contributed by atoms with Gasteiger partial charge in [-0.05, 0) is 69.2 Å². The van der Waals surface area contributed by atoms with Crippen LogP contribution in [0.15, 0.2) is 77.7 Å². The van der Waals surface area contributed by atoms with Crippen molar-refractivity contribution < 1.29 is 22.4 Å². The first kappa shape index (κ1) is 30.1. The van der Waals surface area contributed by atoms with Crippen molar-refractivity contribution in [1.82, 2.24) is 10.2 Å². The van der Waals surface area contributed by atoms with E-state index in [1.807, 2.05) is 13.8 Å². The molecule has 0 aliphatic heterocycles. The van der Waals surface area contributed by atoms with E-state index < -0.39 is 40.2 Å². The lowest BCUT2D eigenvalue weighted by atomic mass is 10.1. The third-order valence-corrected chi connectivity index (χ3v) is 8.51. The average Bonchev–Trinajstić information content (AvgIpc) is 2.91. The average molecular weight is 574 g/mol. The van der Waals surface area contributed by atoms with Crippen LogP contribution in [0, 0.1) is 12.7 Å². The predicted octanol–water partition coefficient (Wildman–Crippen LogP) is 5.31. The van der Waals surface area contributed by atoms with E-state index in [4.69, 9.17) is 11.6 Å². The standard InChI is InChI=1S/C29H33ClFN3O4S/c1-5-21(3)32-29(36)22(4)33(18-23-11-9-10-14-26(23)31)28(35)19-34(27-16-15-24(30)17-20(27)2)39(37,38)25-12-7-6-8-13-25/h6-17,21-22H,5,18-19H2,1-4H3,(H,32,36). The fourth-order valence-electron chi connectivity index (χ4n) is 3.99. The number of nitrogens with zero attached hydrogens (tertiary/aromatic N) is 2. The highest BCUT2D eigenvalue weighted by Crippen LogP contribution is 2.29. The molecule has 0 aliphatic rings. The Bertz CT molecular complexity index is 1420. The van der Waals surface area contributed by atoms with Crippen molar-refractivity contribution >= 4 is 39.1 Å². The molecule has 0 bridgehead atoms. The second kappa shape index (κ2) is 13.1. The van der Waals surface area contributed by atoms with E-state index in [1.165, 1.54) is 41.3 Å². The molecule has 3 rings (SSSR count). The van der Waals surface area contributed by atoms with Crippen LogP contribution >= 0.6 is 11.6 Å². The quantitative estimate of drug-likeness (QED) is 0.337. The summed E-state index contributed by atoms with van der Waals surface area (Å²) in [6.07, 6.45) is 0.679. The zero-order chi connectivity index (χ0) is 28.7. The van der Waals surface area contributed by atoms with Crippen molar-refractivity contribution in [2.24, 2.45) is 0 Å². The summed E-state index contributed by atoms with van der Waals surface area (Å²) in [5, 5.41) is 3.26. The van der Waals surface area contributed by atoms with Gasteiger partial charge < -0.3 is 10.2 Å². The molecule has 39 heavy (non-hydrogen) atoms. The van der Waals surface area contributed by atoms with E-state index in [-0.39, 0.29) is 28.7 Å². The highest BCUT2D eigenvalue weighted by atomic mass is 35.5. The number of aryl methyl sites for hydroxylation is 1. The lowest BCUT2D eigenvalue weighted by Gasteiger charge is -2.33. The molecule has 0 saturated heterocycles. The summed E-state index contributed by atoms with van der Waals surface area (Å²) >= 11 is 6.12. The molecule has 0 heterocycles. The number of sulfonamides is 1. The minimum absolute atomic E-state index is 0.00429. The summed E-state index contributed by atoms with van der Waals surface area (Å²) in [4.78, 5) is 28.1. The van der Waals surface area contributed by atoms with Crippen LogP contribution in [-0.2, 0) is 26.2 Å². The van der Waals surface area contributed by atoms with Crippen LogP contribution in [0.1, 0.15) is 38.3 Å². The van der Waals surface area contributed by atoms with Crippen molar-refractivity contribution in [3.63, 3.8) is 0 Å². The van der Waals surface area contributed by atoms with Gasteiger partial charge in [-0.2, -0.15) is 0 Å². The maximum absolute atomic E-state index is 14.6. The van der Waals surface area contributed by atoms with E-state index in [0.717, 1.165) is 4.31 Å². The number of halogens is 2. The van der Waals surface area contributed by atoms with Crippen molar-refractivity contribution in [2.45, 2.75) is 57.6 Å². The molecule has 2 unspecified atom stereocenters. The number of hydrogen-bond donors (Lipinski definition) is 1. The number of amides is 2. The minimum Gasteiger partial charge on any atom is -0.352 e. The largest absolute Gasteiger partial charge is 0.352 e. The van der Waals surface area contributed by atoms with Crippen LogP contribution in [0.4, 0.5) is 10.1 Å². The third-order valence-electron chi connectivity index (χ3n) is 6.50. The molecule has 0 spiro atoms. The van der Waals surface area contributed by atoms with Crippen LogP contribution in [0.25, 0.3) is 0 Å². The molecule has 7 nitrogen and oxygen atoms in total. The highest BCUT2D eigenvalue weighted by Gasteiger charge is 2.33. The van der Waals surface area contributed by atoms with E-state index in [9.17, 15) is 22.4 Å². The molecule has 0 aliphatic carbocycles. The van der Waals surface area contributed by atoms with Crippen molar-refractivity contribution in [2.75, 3.05) is 10.8 Å². The van der Waals surface area contributed by atoms with Gasteiger partial charge >= 0.3 is 0 Å². The SMILES string of the molecule is CCC(C)NC(=O)C(C)N(Cc1ccccc1F)C(=O)CN(c1ccc(Cl)cc1C)S(=O)(=O)c1ccccc1. The molecular formula is C29H33ClFN3O4S. The van der Waals surface area contributed by atoms with Crippen LogP contribution < -0.4 is 9.62 Å². The predicted molar refractivity (Wildman–Crippen MR) is 151 cm³/mol. The fraction of sp³-hybridized carbons (Fsp3) is 0.310. The fourth-order valence-corrected chi connectivity index (χ4v) is 5.72. The molecule has 0 fully saturated rings. The van der Waals surface area contributed by atoms with E-state index in [2.05, 4.69) is 5.32 Å². The summed E-state index contributed by atoms with van der Waals surface area (Å²) in [5.41, 5.74) is 1.01. The maximum Gasteiger partial charge on any atom is 0.264 e. The van der Waals surface area contributed by atoms with Crippen LogP contribution in [0.5, 0.6) is 0 Å². The van der Waals surface area contributed by atoms with Gasteiger partial charge in [0.1, 0.15) is 18.4 Å². The van der Waals surface area contributed by atoms with Gasteiger partial charge in [0.05, 0.1) is 10.6 Å². The molecule has 208 valence electrons. The number of hydrogen-bond acceptors (Lipinski definition) is 4. The summed E-state index contributed by atoms with van der Waals surface area (Å²) in [5.74, 6) is -1.62. The Hall–Kier alpha value is -3.43. The maximum atomic E-state index is 14.6. The van der Waals surface area contributed by atoms with Gasteiger partial charge in [0.2, 0.25) is 11.8 Å². The number of benzene rings is 3. The van der Waals surface area contributed by atoms with Gasteiger partial charge in [-0.3, -0.25) is 13.9 Å². The first-order valence-electron chi connectivity index (χ1n) is 12.6. The van der Waals surface area contributed by atoms with Crippen molar-refractivity contribution in [1.29, 1.82) is 0 Å². The molecule has 2 atom stereocenters. The zero-order valence-electron chi connectivity index (χ0n) is 22.4. The van der Waals surface area contributed by atoms with Gasteiger partial charge in [0.25, 0.3) is 10.0 Å². The molecule has 10 heteroatoms. The molecule has 0 aromatic heterocycles. The Labute approximate surface area is 234 Å². The Balaban J connectivity index is 2.06. The Morgan fingerprint density at radius 3 is 2.26 bits per heavy atom. The van der Waals surface area contributed by atoms with E-state index in [1.54, 1.807) is 50.2 Å². The smallest absolute Gasteiger partial charge is 0.264 e. The summed E-state index contributed by atoms with van der Waals surface area (Å²) in [6, 6.07) is 17.3. The normalized spacial score (nSPS) is 12.9. The lowest BCUT2D eigenvalue weighted by Crippen LogP contribution is -2.52.